The molecular formula is C17H10F3NO3. The first kappa shape index (κ1) is 15.8. The average molecular weight is 333 g/mol. The van der Waals surface area contributed by atoms with Gasteiger partial charge in [0.2, 0.25) is 0 Å². The van der Waals surface area contributed by atoms with Gasteiger partial charge in [-0.25, -0.2) is 0 Å². The second kappa shape index (κ2) is 5.84. The fourth-order valence-electron chi connectivity index (χ4n) is 2.24. The topological polar surface area (TPSA) is 59.3 Å². The maximum Gasteiger partial charge on any atom is 0.418 e. The van der Waals surface area contributed by atoms with Gasteiger partial charge in [0.1, 0.15) is 5.58 Å². The molecule has 1 N–H and O–H groups in total. The maximum absolute atomic E-state index is 12.9. The summed E-state index contributed by atoms with van der Waals surface area (Å²) in [6, 6.07) is 11.8. The molecule has 1 aromatic heterocycles. The van der Waals surface area contributed by atoms with Crippen molar-refractivity contribution in [3.05, 3.63) is 76.1 Å². The highest BCUT2D eigenvalue weighted by Gasteiger charge is 2.33. The van der Waals surface area contributed by atoms with E-state index in [9.17, 15) is 22.8 Å². The number of nitrogens with one attached hydrogen (secondary N) is 1. The van der Waals surface area contributed by atoms with Crippen LogP contribution in [0.2, 0.25) is 0 Å². The van der Waals surface area contributed by atoms with Crippen molar-refractivity contribution in [2.45, 2.75) is 6.18 Å². The largest absolute Gasteiger partial charge is 0.451 e. The third-order valence-electron chi connectivity index (χ3n) is 3.34. The highest BCUT2D eigenvalue weighted by molar-refractivity contribution is 6.03. The van der Waals surface area contributed by atoms with Crippen LogP contribution in [0, 0.1) is 0 Å². The number of amides is 1. The number of para-hydroxylation sites is 2. The SMILES string of the molecule is O=C(Nc1ccccc1C(F)(F)F)c1cc(=O)c2ccccc2o1. The monoisotopic (exact) mass is 333 g/mol. The lowest BCUT2D eigenvalue weighted by atomic mass is 10.1. The van der Waals surface area contributed by atoms with E-state index in [0.29, 0.717) is 0 Å². The number of hydrogen-bond acceptors (Lipinski definition) is 3. The van der Waals surface area contributed by atoms with Crippen molar-refractivity contribution in [2.75, 3.05) is 5.32 Å². The normalized spacial score (nSPS) is 11.5. The van der Waals surface area contributed by atoms with Gasteiger partial charge in [-0.05, 0) is 24.3 Å². The van der Waals surface area contributed by atoms with Gasteiger partial charge in [-0.1, -0.05) is 24.3 Å². The summed E-state index contributed by atoms with van der Waals surface area (Å²) in [6.07, 6.45) is -4.62. The third-order valence-corrected chi connectivity index (χ3v) is 3.34. The zero-order valence-corrected chi connectivity index (χ0v) is 12.1. The molecule has 3 rings (SSSR count). The highest BCUT2D eigenvalue weighted by Crippen LogP contribution is 2.34. The molecule has 7 heteroatoms. The van der Waals surface area contributed by atoms with Crippen LogP contribution in [-0.4, -0.2) is 5.91 Å². The van der Waals surface area contributed by atoms with E-state index in [1.54, 1.807) is 12.1 Å². The molecular weight excluding hydrogens is 323 g/mol. The first-order valence-corrected chi connectivity index (χ1v) is 6.87. The van der Waals surface area contributed by atoms with E-state index in [2.05, 4.69) is 5.32 Å². The quantitative estimate of drug-likeness (QED) is 0.769. The number of rotatable bonds is 2. The van der Waals surface area contributed by atoms with E-state index < -0.39 is 28.8 Å². The molecule has 2 aromatic carbocycles. The Balaban J connectivity index is 1.99. The third kappa shape index (κ3) is 3.01. The Hall–Kier alpha value is -3.09. The molecule has 0 radical (unpaired) electrons. The molecule has 3 aromatic rings. The van der Waals surface area contributed by atoms with Crippen molar-refractivity contribution < 1.29 is 22.4 Å². The lowest BCUT2D eigenvalue weighted by Gasteiger charge is -2.13. The van der Waals surface area contributed by atoms with Crippen molar-refractivity contribution in [1.29, 1.82) is 0 Å². The van der Waals surface area contributed by atoms with E-state index >= 15 is 0 Å². The zero-order chi connectivity index (χ0) is 17.3. The van der Waals surface area contributed by atoms with Crippen LogP contribution in [0.4, 0.5) is 18.9 Å². The van der Waals surface area contributed by atoms with E-state index in [-0.39, 0.29) is 16.7 Å². The number of anilines is 1. The second-order valence-electron chi connectivity index (χ2n) is 4.97. The van der Waals surface area contributed by atoms with Crippen molar-refractivity contribution in [2.24, 2.45) is 0 Å². The summed E-state index contributed by atoms with van der Waals surface area (Å²) in [5.74, 6) is -1.30. The second-order valence-corrected chi connectivity index (χ2v) is 4.97. The summed E-state index contributed by atoms with van der Waals surface area (Å²) in [4.78, 5) is 24.1. The molecule has 0 fully saturated rings. The van der Waals surface area contributed by atoms with E-state index in [0.717, 1.165) is 18.2 Å². The van der Waals surface area contributed by atoms with Crippen LogP contribution in [0.5, 0.6) is 0 Å². The van der Waals surface area contributed by atoms with Crippen LogP contribution in [0.1, 0.15) is 16.1 Å². The van der Waals surface area contributed by atoms with Gasteiger partial charge in [-0.3, -0.25) is 9.59 Å². The molecule has 122 valence electrons. The van der Waals surface area contributed by atoms with Gasteiger partial charge in [0.15, 0.2) is 11.2 Å². The standard InChI is InChI=1S/C17H10F3NO3/c18-17(19,20)11-6-2-3-7-12(11)21-16(23)15-9-13(22)10-5-1-4-8-14(10)24-15/h1-9H,(H,21,23). The fourth-order valence-corrected chi connectivity index (χ4v) is 2.24. The Kier molecular flexibility index (Phi) is 3.84. The fraction of sp³-hybridized carbons (Fsp3) is 0.0588. The van der Waals surface area contributed by atoms with E-state index in [1.807, 2.05) is 0 Å². The van der Waals surface area contributed by atoms with Crippen LogP contribution < -0.4 is 10.7 Å². The minimum atomic E-state index is -4.62. The van der Waals surface area contributed by atoms with Crippen molar-refractivity contribution >= 4 is 22.6 Å². The molecule has 0 aliphatic heterocycles. The molecule has 0 spiro atoms. The predicted octanol–water partition coefficient (Wildman–Crippen LogP) is 4.06. The van der Waals surface area contributed by atoms with Gasteiger partial charge < -0.3 is 9.73 Å². The Bertz CT molecular complexity index is 976. The number of hydrogen-bond donors (Lipinski definition) is 1. The molecule has 24 heavy (non-hydrogen) atoms. The summed E-state index contributed by atoms with van der Waals surface area (Å²) >= 11 is 0. The molecule has 0 saturated heterocycles. The maximum atomic E-state index is 12.9. The lowest BCUT2D eigenvalue weighted by molar-refractivity contribution is -0.136. The zero-order valence-electron chi connectivity index (χ0n) is 12.1. The van der Waals surface area contributed by atoms with Crippen LogP contribution in [0.3, 0.4) is 0 Å². The lowest BCUT2D eigenvalue weighted by Crippen LogP contribution is -2.18. The van der Waals surface area contributed by atoms with Crippen molar-refractivity contribution in [3.8, 4) is 0 Å². The van der Waals surface area contributed by atoms with Gasteiger partial charge in [0.25, 0.3) is 5.91 Å². The van der Waals surface area contributed by atoms with Crippen LogP contribution in [-0.2, 0) is 6.18 Å². The van der Waals surface area contributed by atoms with E-state index in [1.165, 1.54) is 24.3 Å². The highest BCUT2D eigenvalue weighted by atomic mass is 19.4. The predicted molar refractivity (Wildman–Crippen MR) is 81.9 cm³/mol. The molecule has 0 unspecified atom stereocenters. The van der Waals surface area contributed by atoms with E-state index in [4.69, 9.17) is 4.42 Å². The molecule has 0 atom stereocenters. The molecule has 0 saturated carbocycles. The van der Waals surface area contributed by atoms with Crippen molar-refractivity contribution in [3.63, 3.8) is 0 Å². The smallest absolute Gasteiger partial charge is 0.418 e. The Morgan fingerprint density at radius 2 is 1.67 bits per heavy atom. The molecule has 0 aliphatic rings. The summed E-state index contributed by atoms with van der Waals surface area (Å²) in [5.41, 5.74) is -1.67. The van der Waals surface area contributed by atoms with Gasteiger partial charge >= 0.3 is 6.18 Å². The van der Waals surface area contributed by atoms with Crippen LogP contribution in [0.25, 0.3) is 11.0 Å². The summed E-state index contributed by atoms with van der Waals surface area (Å²) in [7, 11) is 0. The van der Waals surface area contributed by atoms with Gasteiger partial charge in [0.05, 0.1) is 16.6 Å². The van der Waals surface area contributed by atoms with Crippen molar-refractivity contribution in [1.82, 2.24) is 0 Å². The summed E-state index contributed by atoms with van der Waals surface area (Å²) in [5, 5.41) is 2.42. The number of fused-ring (bicyclic) bond motifs is 1. The minimum absolute atomic E-state index is 0.180. The van der Waals surface area contributed by atoms with Gasteiger partial charge in [-0.15, -0.1) is 0 Å². The first-order valence-electron chi connectivity index (χ1n) is 6.87. The van der Waals surface area contributed by atoms with Crippen LogP contribution >= 0.6 is 0 Å². The van der Waals surface area contributed by atoms with Crippen LogP contribution in [0.15, 0.2) is 63.8 Å². The number of halogens is 3. The molecule has 0 aliphatic carbocycles. The summed E-state index contributed by atoms with van der Waals surface area (Å²) in [6.45, 7) is 0. The van der Waals surface area contributed by atoms with Gasteiger partial charge in [0, 0.05) is 6.07 Å². The number of carbonyl (C=O) groups is 1. The first-order chi connectivity index (χ1) is 11.4. The summed E-state index contributed by atoms with van der Waals surface area (Å²) < 4.78 is 44.2. The Morgan fingerprint density at radius 3 is 2.42 bits per heavy atom. The Morgan fingerprint density at radius 1 is 1.00 bits per heavy atom. The minimum Gasteiger partial charge on any atom is -0.451 e. The molecule has 1 heterocycles. The molecule has 4 nitrogen and oxygen atoms in total. The number of benzene rings is 2. The molecule has 0 bridgehead atoms. The molecule has 1 amide bonds. The Labute approximate surface area is 133 Å². The average Bonchev–Trinajstić information content (AvgIpc) is 2.54. The van der Waals surface area contributed by atoms with Gasteiger partial charge in [-0.2, -0.15) is 13.2 Å². The number of alkyl halides is 3. The number of carbonyl (C=O) groups excluding carboxylic acids is 1.